The van der Waals surface area contributed by atoms with Crippen molar-refractivity contribution in [2.45, 2.75) is 54.4 Å². The van der Waals surface area contributed by atoms with E-state index in [4.69, 9.17) is 9.36 Å². The second kappa shape index (κ2) is 12.0. The quantitative estimate of drug-likeness (QED) is 0.188. The maximum atomic E-state index is 13.9. The second-order valence-corrected chi connectivity index (χ2v) is 11.8. The standard InChI is InChI=1S/C27H36N5O5S/c1-7-18(3)15-32(16-19(4)8-2)26(33)17-38(29-25-12-10-23(31(36)37)14-21(25)6)27(32)28-24-11-9-22(30(34)35)13-20(24)5/h9-14,18-19H,7-8,15-17H2,1-6H3/q+1. The first-order chi connectivity index (χ1) is 17.9. The zero-order valence-electron chi connectivity index (χ0n) is 22.8. The Labute approximate surface area is 225 Å². The molecule has 1 saturated heterocycles. The van der Waals surface area contributed by atoms with Crippen LogP contribution in [-0.2, 0) is 15.5 Å². The number of benzene rings is 2. The number of hydrogen-bond donors (Lipinski definition) is 0. The third-order valence-electron chi connectivity index (χ3n) is 7.16. The lowest BCUT2D eigenvalue weighted by atomic mass is 10.0. The summed E-state index contributed by atoms with van der Waals surface area (Å²) in [5.41, 5.74) is 2.43. The van der Waals surface area contributed by atoms with Gasteiger partial charge in [-0.05, 0) is 49.9 Å². The number of nitro benzene ring substituents is 2. The number of carbonyl (C=O) groups excluding carboxylic acids is 1. The zero-order chi connectivity index (χ0) is 28.2. The van der Waals surface area contributed by atoms with Crippen molar-refractivity contribution in [1.82, 2.24) is 0 Å². The summed E-state index contributed by atoms with van der Waals surface area (Å²) >= 11 is 0. The Morgan fingerprint density at radius 2 is 1.37 bits per heavy atom. The Morgan fingerprint density at radius 3 is 1.79 bits per heavy atom. The number of nitrogens with zero attached hydrogens (tertiary/aromatic N) is 5. The average molecular weight is 543 g/mol. The molecule has 0 N–H and O–H groups in total. The van der Waals surface area contributed by atoms with Crippen molar-refractivity contribution in [3.8, 4) is 0 Å². The van der Waals surface area contributed by atoms with E-state index in [0.29, 0.717) is 40.8 Å². The van der Waals surface area contributed by atoms with E-state index in [1.807, 2.05) is 0 Å². The summed E-state index contributed by atoms with van der Waals surface area (Å²) in [5, 5.41) is 23.2. The van der Waals surface area contributed by atoms with Gasteiger partial charge in [0, 0.05) is 46.8 Å². The molecule has 1 aliphatic rings. The zero-order valence-corrected chi connectivity index (χ0v) is 23.7. The van der Waals surface area contributed by atoms with Crippen molar-refractivity contribution < 1.29 is 19.1 Å². The summed E-state index contributed by atoms with van der Waals surface area (Å²) in [6.07, 6.45) is 1.81. The highest BCUT2D eigenvalue weighted by molar-refractivity contribution is 8.03. The number of carbonyl (C=O) groups is 1. The topological polar surface area (TPSA) is 128 Å². The highest BCUT2D eigenvalue weighted by Gasteiger charge is 2.52. The van der Waals surface area contributed by atoms with Gasteiger partial charge in [0.05, 0.1) is 34.3 Å². The molecule has 1 amide bonds. The summed E-state index contributed by atoms with van der Waals surface area (Å²) in [4.78, 5) is 40.6. The molecule has 3 rings (SSSR count). The molecule has 0 radical (unpaired) electrons. The maximum absolute atomic E-state index is 13.9. The van der Waals surface area contributed by atoms with Gasteiger partial charge in [-0.3, -0.25) is 20.2 Å². The van der Waals surface area contributed by atoms with Gasteiger partial charge in [-0.15, -0.1) is 0 Å². The van der Waals surface area contributed by atoms with Gasteiger partial charge in [0.1, 0.15) is 5.75 Å². The molecule has 0 aliphatic carbocycles. The fourth-order valence-electron chi connectivity index (χ4n) is 4.55. The molecule has 10 nitrogen and oxygen atoms in total. The second-order valence-electron chi connectivity index (χ2n) is 10.2. The molecule has 0 spiro atoms. The number of aryl methyl sites for hydroxylation is 2. The molecule has 0 saturated carbocycles. The largest absolute Gasteiger partial charge is 0.332 e. The Kier molecular flexibility index (Phi) is 9.26. The molecular formula is C27H36N5O5S+. The van der Waals surface area contributed by atoms with E-state index < -0.39 is 20.5 Å². The SMILES string of the molecule is CCC(C)C[N+]1(CC(C)CC)C(=O)CS(=Nc2ccc([N+](=O)[O-])cc2C)C1=Nc1ccc([N+](=O)[O-])cc1C. The van der Waals surface area contributed by atoms with Crippen molar-refractivity contribution in [3.05, 3.63) is 67.8 Å². The number of rotatable bonds is 10. The van der Waals surface area contributed by atoms with Crippen molar-refractivity contribution in [1.29, 1.82) is 0 Å². The molecule has 1 heterocycles. The van der Waals surface area contributed by atoms with Crippen molar-refractivity contribution in [2.75, 3.05) is 18.8 Å². The minimum absolute atomic E-state index is 0.0126. The molecule has 1 fully saturated rings. The fourth-order valence-corrected chi connectivity index (χ4v) is 6.60. The van der Waals surface area contributed by atoms with Crippen LogP contribution in [0.15, 0.2) is 45.8 Å². The van der Waals surface area contributed by atoms with Gasteiger partial charge in [-0.2, -0.15) is 4.99 Å². The molecule has 1 aliphatic heterocycles. The summed E-state index contributed by atoms with van der Waals surface area (Å²) in [5.74, 6) is 0.788. The van der Waals surface area contributed by atoms with Gasteiger partial charge in [0.25, 0.3) is 16.5 Å². The van der Waals surface area contributed by atoms with Crippen LogP contribution in [0.3, 0.4) is 0 Å². The molecule has 2 aromatic rings. The maximum Gasteiger partial charge on any atom is 0.332 e. The van der Waals surface area contributed by atoms with Gasteiger partial charge in [-0.1, -0.05) is 27.7 Å². The van der Waals surface area contributed by atoms with Crippen molar-refractivity contribution >= 4 is 44.5 Å². The predicted octanol–water partition coefficient (Wildman–Crippen LogP) is 6.69. The van der Waals surface area contributed by atoms with E-state index >= 15 is 0 Å². The Hall–Kier alpha value is -3.31. The molecule has 204 valence electrons. The normalized spacial score (nSPS) is 22.1. The lowest BCUT2D eigenvalue weighted by Crippen LogP contribution is -2.57. The van der Waals surface area contributed by atoms with Gasteiger partial charge in [0.2, 0.25) is 0 Å². The van der Waals surface area contributed by atoms with Gasteiger partial charge < -0.3 is 0 Å². The number of amides is 1. The van der Waals surface area contributed by atoms with E-state index in [1.54, 1.807) is 26.0 Å². The summed E-state index contributed by atoms with van der Waals surface area (Å²) in [6, 6.07) is 9.07. The lowest BCUT2D eigenvalue weighted by molar-refractivity contribution is -0.765. The molecule has 11 heteroatoms. The number of aliphatic imine (C=N–C) groups is 1. The summed E-state index contributed by atoms with van der Waals surface area (Å²) < 4.78 is 5.06. The van der Waals surface area contributed by atoms with Crippen LogP contribution in [0.25, 0.3) is 0 Å². The van der Waals surface area contributed by atoms with E-state index in [9.17, 15) is 25.0 Å². The van der Waals surface area contributed by atoms with Crippen LogP contribution in [-0.4, -0.2) is 44.2 Å². The Bertz CT molecular complexity index is 1310. The number of nitro groups is 2. The summed E-state index contributed by atoms with van der Waals surface area (Å²) in [7, 11) is -0.909. The van der Waals surface area contributed by atoms with E-state index in [0.717, 1.165) is 12.8 Å². The van der Waals surface area contributed by atoms with Crippen LogP contribution in [0.5, 0.6) is 0 Å². The molecule has 3 atom stereocenters. The van der Waals surface area contributed by atoms with Crippen LogP contribution in [0.2, 0.25) is 0 Å². The van der Waals surface area contributed by atoms with Crippen molar-refractivity contribution in [2.24, 2.45) is 21.2 Å². The molecule has 3 unspecified atom stereocenters. The highest BCUT2D eigenvalue weighted by atomic mass is 32.2. The predicted molar refractivity (Wildman–Crippen MR) is 151 cm³/mol. The number of hydrogen-bond acceptors (Lipinski definition) is 7. The third-order valence-corrected chi connectivity index (χ3v) is 8.96. The first-order valence-corrected chi connectivity index (χ1v) is 14.2. The number of amidine groups is 1. The molecule has 0 aromatic heterocycles. The van der Waals surface area contributed by atoms with E-state index in [1.165, 1.54) is 24.3 Å². The lowest BCUT2D eigenvalue weighted by Gasteiger charge is -2.34. The van der Waals surface area contributed by atoms with Gasteiger partial charge in [-0.25, -0.2) is 13.6 Å². The van der Waals surface area contributed by atoms with E-state index in [-0.39, 0.29) is 39.4 Å². The summed E-state index contributed by atoms with van der Waals surface area (Å²) in [6.45, 7) is 13.2. The molecule has 38 heavy (non-hydrogen) atoms. The van der Waals surface area contributed by atoms with Gasteiger partial charge in [0.15, 0.2) is 0 Å². The van der Waals surface area contributed by atoms with Crippen LogP contribution in [0.1, 0.15) is 51.7 Å². The van der Waals surface area contributed by atoms with E-state index in [2.05, 4.69) is 27.7 Å². The highest BCUT2D eigenvalue weighted by Crippen LogP contribution is 2.34. The van der Waals surface area contributed by atoms with Crippen LogP contribution < -0.4 is 0 Å². The molecule has 0 bridgehead atoms. The third kappa shape index (κ3) is 6.21. The molecular weight excluding hydrogens is 506 g/mol. The first kappa shape index (κ1) is 29.2. The minimum Gasteiger partial charge on any atom is -0.258 e. The number of quaternary nitrogens is 1. The van der Waals surface area contributed by atoms with Crippen LogP contribution >= 0.6 is 0 Å². The van der Waals surface area contributed by atoms with Gasteiger partial charge >= 0.3 is 5.91 Å². The molecule has 2 aromatic carbocycles. The first-order valence-electron chi connectivity index (χ1n) is 12.8. The fraction of sp³-hybridized carbons (Fsp3) is 0.481. The van der Waals surface area contributed by atoms with Crippen molar-refractivity contribution in [3.63, 3.8) is 0 Å². The van der Waals surface area contributed by atoms with Crippen LogP contribution in [0, 0.1) is 45.9 Å². The minimum atomic E-state index is -0.909. The monoisotopic (exact) mass is 542 g/mol. The smallest absolute Gasteiger partial charge is 0.258 e. The van der Waals surface area contributed by atoms with Crippen LogP contribution in [0.4, 0.5) is 22.7 Å². The Morgan fingerprint density at radius 1 is 0.895 bits per heavy atom. The average Bonchev–Trinajstić information content (AvgIpc) is 3.10. The Balaban J connectivity index is 2.27. The number of non-ortho nitro benzene ring substituents is 2.